The van der Waals surface area contributed by atoms with Crippen molar-refractivity contribution in [1.29, 1.82) is 0 Å². The molecule has 47 heavy (non-hydrogen) atoms. The fourth-order valence-corrected chi connectivity index (χ4v) is 6.36. The molecule has 11 nitrogen and oxygen atoms in total. The topological polar surface area (TPSA) is 145 Å². The molecule has 3 saturated heterocycles. The molecule has 0 bridgehead atoms. The summed E-state index contributed by atoms with van der Waals surface area (Å²) in [6, 6.07) is 22.4. The number of nitrogens with two attached hydrogens (primary N) is 1. The number of likely N-dealkylation sites (tertiary alicyclic amines) is 1. The van der Waals surface area contributed by atoms with Crippen LogP contribution in [0.4, 0.5) is 17.1 Å². The molecule has 11 heteroatoms. The van der Waals surface area contributed by atoms with Gasteiger partial charge in [-0.15, -0.1) is 0 Å². The van der Waals surface area contributed by atoms with Crippen molar-refractivity contribution < 1.29 is 33.6 Å². The van der Waals surface area contributed by atoms with Crippen LogP contribution in [-0.4, -0.2) is 66.6 Å². The average molecular weight is 645 g/mol. The Kier molecular flexibility index (Phi) is 10.8. The lowest BCUT2D eigenvalue weighted by Gasteiger charge is -2.41. The summed E-state index contributed by atoms with van der Waals surface area (Å²) >= 11 is 0. The number of carbonyl (C=O) groups is 2. The largest absolute Gasteiger partial charge is 0.397 e. The molecular weight excluding hydrogens is 600 g/mol. The predicted molar refractivity (Wildman–Crippen MR) is 177 cm³/mol. The van der Waals surface area contributed by atoms with Gasteiger partial charge < -0.3 is 45.3 Å². The number of benzene rings is 3. The van der Waals surface area contributed by atoms with Crippen molar-refractivity contribution in [3.05, 3.63) is 89.5 Å². The van der Waals surface area contributed by atoms with Gasteiger partial charge >= 0.3 is 0 Å². The van der Waals surface area contributed by atoms with Gasteiger partial charge in [-0.3, -0.25) is 9.59 Å². The molecule has 3 fully saturated rings. The van der Waals surface area contributed by atoms with Gasteiger partial charge in [0.05, 0.1) is 43.4 Å². The minimum Gasteiger partial charge on any atom is -0.397 e. The molecule has 6 rings (SSSR count). The lowest BCUT2D eigenvalue weighted by atomic mass is 9.98. The number of anilines is 3. The van der Waals surface area contributed by atoms with Crippen LogP contribution in [0.2, 0.25) is 0 Å². The van der Waals surface area contributed by atoms with E-state index < -0.39 is 12.1 Å². The Labute approximate surface area is 275 Å². The number of hydrogen-bond acceptors (Lipinski definition) is 9. The first kappa shape index (κ1) is 33.1. The highest BCUT2D eigenvalue weighted by atomic mass is 16.7. The molecule has 0 radical (unpaired) electrons. The molecular formula is C36H44N4O7. The molecule has 3 heterocycles. The summed E-state index contributed by atoms with van der Waals surface area (Å²) in [5, 5.41) is 15.2. The quantitative estimate of drug-likeness (QED) is 0.214. The van der Waals surface area contributed by atoms with Gasteiger partial charge in [-0.1, -0.05) is 48.5 Å². The monoisotopic (exact) mass is 644 g/mol. The number of amides is 2. The Morgan fingerprint density at radius 1 is 0.851 bits per heavy atom. The second kappa shape index (κ2) is 15.4. The summed E-state index contributed by atoms with van der Waals surface area (Å²) in [4.78, 5) is 27.3. The van der Waals surface area contributed by atoms with Crippen LogP contribution in [0.1, 0.15) is 67.6 Å². The van der Waals surface area contributed by atoms with Crippen LogP contribution in [0.15, 0.2) is 72.8 Å². The zero-order valence-electron chi connectivity index (χ0n) is 26.6. The minimum atomic E-state index is -0.587. The molecule has 3 aromatic rings. The predicted octanol–water partition coefficient (Wildman–Crippen LogP) is 4.89. The third-order valence-electron chi connectivity index (χ3n) is 9.02. The highest BCUT2D eigenvalue weighted by Gasteiger charge is 2.41. The van der Waals surface area contributed by atoms with E-state index in [1.54, 1.807) is 24.3 Å². The fourth-order valence-electron chi connectivity index (χ4n) is 6.36. The Balaban J connectivity index is 1.04. The molecule has 0 unspecified atom stereocenters. The number of para-hydroxylation sites is 2. The number of piperidine rings is 1. The molecule has 0 saturated carbocycles. The average Bonchev–Trinajstić information content (AvgIpc) is 3.55. The summed E-state index contributed by atoms with van der Waals surface area (Å²) in [5.41, 5.74) is 10.4. The fraction of sp³-hybridized carbons (Fsp3) is 0.444. The Morgan fingerprint density at radius 2 is 1.51 bits per heavy atom. The first-order valence-electron chi connectivity index (χ1n) is 16.4. The first-order chi connectivity index (χ1) is 22.9. The highest BCUT2D eigenvalue weighted by molar-refractivity contribution is 5.94. The first-order valence-corrected chi connectivity index (χ1v) is 16.4. The van der Waals surface area contributed by atoms with E-state index in [4.69, 9.17) is 24.7 Å². The third kappa shape index (κ3) is 8.75. The number of nitrogens with zero attached hydrogens (tertiary/aromatic N) is 1. The smallest absolute Gasteiger partial charge is 0.224 e. The molecule has 0 aromatic heterocycles. The normalized spacial score (nSPS) is 22.6. The van der Waals surface area contributed by atoms with Gasteiger partial charge in [0, 0.05) is 63.0 Å². The van der Waals surface area contributed by atoms with Crippen molar-refractivity contribution in [2.75, 3.05) is 49.2 Å². The molecule has 3 aliphatic heterocycles. The minimum absolute atomic E-state index is 0.00786. The number of aliphatic hydroxyl groups excluding tert-OH is 1. The van der Waals surface area contributed by atoms with E-state index in [0.29, 0.717) is 43.1 Å². The van der Waals surface area contributed by atoms with Crippen LogP contribution in [0.5, 0.6) is 0 Å². The molecule has 0 aliphatic carbocycles. The number of hydrogen-bond donors (Lipinski definition) is 4. The van der Waals surface area contributed by atoms with E-state index in [2.05, 4.69) is 15.5 Å². The maximum Gasteiger partial charge on any atom is 0.224 e. The second-order valence-corrected chi connectivity index (χ2v) is 12.4. The lowest BCUT2D eigenvalue weighted by Crippen LogP contribution is -2.48. The van der Waals surface area contributed by atoms with Crippen LogP contribution in [0.25, 0.3) is 0 Å². The van der Waals surface area contributed by atoms with Gasteiger partial charge in [0.2, 0.25) is 11.8 Å². The molecule has 250 valence electrons. The zero-order valence-corrected chi connectivity index (χ0v) is 26.6. The van der Waals surface area contributed by atoms with E-state index in [9.17, 15) is 14.7 Å². The molecule has 2 amide bonds. The zero-order chi connectivity index (χ0) is 32.6. The Morgan fingerprint density at radius 3 is 2.19 bits per heavy atom. The van der Waals surface area contributed by atoms with Crippen molar-refractivity contribution in [1.82, 2.24) is 4.90 Å². The van der Waals surface area contributed by atoms with Gasteiger partial charge in [-0.2, -0.15) is 0 Å². The molecule has 1 spiro atoms. The van der Waals surface area contributed by atoms with Crippen molar-refractivity contribution in [3.8, 4) is 0 Å². The highest BCUT2D eigenvalue weighted by Crippen LogP contribution is 2.39. The Hall–Kier alpha value is -3.84. The van der Waals surface area contributed by atoms with Crippen LogP contribution < -0.4 is 16.4 Å². The molecule has 5 N–H and O–H groups in total. The summed E-state index contributed by atoms with van der Waals surface area (Å²) in [6.07, 6.45) is 2.38. The SMILES string of the molecule is Nc1ccccc1NC(=O)CCCC(=O)Nc1ccc([C@@H]2O[C@H](CN3CCC4(CC3)OCCO4)C[C@H](c3ccc(CO)cc3)O2)cc1. The second-order valence-electron chi connectivity index (χ2n) is 12.4. The summed E-state index contributed by atoms with van der Waals surface area (Å²) in [5.74, 6) is -0.775. The molecule has 3 aromatic carbocycles. The van der Waals surface area contributed by atoms with Crippen molar-refractivity contribution >= 4 is 28.9 Å². The van der Waals surface area contributed by atoms with Gasteiger partial charge in [0.15, 0.2) is 12.1 Å². The van der Waals surface area contributed by atoms with Gasteiger partial charge in [0.1, 0.15) is 0 Å². The molecule has 3 atom stereocenters. The molecule has 3 aliphatic rings. The van der Waals surface area contributed by atoms with Crippen LogP contribution in [0.3, 0.4) is 0 Å². The summed E-state index contributed by atoms with van der Waals surface area (Å²) in [6.45, 7) is 3.84. The number of nitrogen functional groups attached to an aromatic ring is 1. The van der Waals surface area contributed by atoms with E-state index in [-0.39, 0.29) is 43.5 Å². The lowest BCUT2D eigenvalue weighted by molar-refractivity contribution is -0.255. The van der Waals surface area contributed by atoms with Crippen LogP contribution in [-0.2, 0) is 35.1 Å². The van der Waals surface area contributed by atoms with Crippen molar-refractivity contribution in [3.63, 3.8) is 0 Å². The van der Waals surface area contributed by atoms with Gasteiger partial charge in [-0.05, 0) is 41.8 Å². The maximum absolute atomic E-state index is 12.6. The van der Waals surface area contributed by atoms with Crippen LogP contribution >= 0.6 is 0 Å². The standard InChI is InChI=1S/C36H44N4O7/c37-30-4-1-2-5-31(30)39-34(43)7-3-6-33(42)38-28-14-12-27(13-15-28)35-46-29(22-32(47-35)26-10-8-25(24-41)9-11-26)23-40-18-16-36(17-19-40)44-20-21-45-36/h1-2,4-5,8-15,29,32,35,41H,3,6-7,16-24,37H2,(H,38,42)(H,39,43)/t29-,32+,35+/m0/s1. The van der Waals surface area contributed by atoms with Gasteiger partial charge in [-0.25, -0.2) is 0 Å². The summed E-state index contributed by atoms with van der Waals surface area (Å²) < 4.78 is 24.9. The van der Waals surface area contributed by atoms with Crippen molar-refractivity contribution in [2.45, 2.75) is 69.4 Å². The third-order valence-corrected chi connectivity index (χ3v) is 9.02. The Bertz CT molecular complexity index is 1480. The number of rotatable bonds is 11. The summed E-state index contributed by atoms with van der Waals surface area (Å²) in [7, 11) is 0. The van der Waals surface area contributed by atoms with Crippen LogP contribution in [0, 0.1) is 0 Å². The number of nitrogens with one attached hydrogen (secondary N) is 2. The van der Waals surface area contributed by atoms with E-state index in [1.807, 2.05) is 48.5 Å². The number of carbonyl (C=O) groups excluding carboxylic acids is 2. The maximum atomic E-state index is 12.6. The van der Waals surface area contributed by atoms with Gasteiger partial charge in [0.25, 0.3) is 0 Å². The number of ether oxygens (including phenoxy) is 4. The van der Waals surface area contributed by atoms with Crippen molar-refractivity contribution in [2.24, 2.45) is 0 Å². The van der Waals surface area contributed by atoms with E-state index >= 15 is 0 Å². The van der Waals surface area contributed by atoms with E-state index in [1.165, 1.54) is 0 Å². The van der Waals surface area contributed by atoms with E-state index in [0.717, 1.165) is 49.2 Å². The number of aliphatic hydroxyl groups is 1.